The van der Waals surface area contributed by atoms with Crippen LogP contribution in [0.15, 0.2) is 72.8 Å². The van der Waals surface area contributed by atoms with E-state index in [4.69, 9.17) is 9.84 Å². The first kappa shape index (κ1) is 24.0. The predicted molar refractivity (Wildman–Crippen MR) is 131 cm³/mol. The minimum atomic E-state index is -0.782. The average molecular weight is 462 g/mol. The van der Waals surface area contributed by atoms with Gasteiger partial charge in [-0.1, -0.05) is 48.5 Å². The van der Waals surface area contributed by atoms with Crippen molar-refractivity contribution in [1.29, 1.82) is 0 Å². The third kappa shape index (κ3) is 7.42. The molecule has 1 fully saturated rings. The van der Waals surface area contributed by atoms with Crippen molar-refractivity contribution in [2.45, 2.75) is 45.3 Å². The van der Waals surface area contributed by atoms with Gasteiger partial charge in [-0.15, -0.1) is 0 Å². The van der Waals surface area contributed by atoms with E-state index in [1.807, 2.05) is 36.4 Å². The van der Waals surface area contributed by atoms with Gasteiger partial charge in [0.15, 0.2) is 0 Å². The molecule has 4 rings (SSSR count). The number of hydrogen-bond acceptors (Lipinski definition) is 3. The Bertz CT molecular complexity index is 1040. The average Bonchev–Trinajstić information content (AvgIpc) is 2.85. The van der Waals surface area contributed by atoms with Gasteiger partial charge in [0.1, 0.15) is 18.2 Å². The molecule has 34 heavy (non-hydrogen) atoms. The molecular weight excluding hydrogens is 429 g/mol. The van der Waals surface area contributed by atoms with Gasteiger partial charge in [0.2, 0.25) is 0 Å². The first-order valence-corrected chi connectivity index (χ1v) is 12.0. The number of ether oxygens (including phenoxy) is 1. The molecule has 5 heteroatoms. The van der Waals surface area contributed by atoms with Crippen LogP contribution in [-0.4, -0.2) is 29.1 Å². The number of benzene rings is 3. The molecule has 0 aromatic heterocycles. The summed E-state index contributed by atoms with van der Waals surface area (Å²) in [6, 6.07) is 23.2. The van der Waals surface area contributed by atoms with Crippen molar-refractivity contribution >= 4 is 5.97 Å². The highest BCUT2D eigenvalue weighted by molar-refractivity contribution is 5.67. The van der Waals surface area contributed by atoms with Gasteiger partial charge < -0.3 is 9.84 Å². The molecule has 1 aliphatic rings. The van der Waals surface area contributed by atoms with Crippen LogP contribution in [-0.2, 0) is 30.8 Å². The molecule has 0 aliphatic carbocycles. The van der Waals surface area contributed by atoms with Crippen molar-refractivity contribution in [3.63, 3.8) is 0 Å². The molecule has 1 heterocycles. The zero-order valence-corrected chi connectivity index (χ0v) is 19.5. The van der Waals surface area contributed by atoms with Crippen LogP contribution in [0, 0.1) is 11.7 Å². The van der Waals surface area contributed by atoms with Gasteiger partial charge in [0.25, 0.3) is 0 Å². The monoisotopic (exact) mass is 461 g/mol. The van der Waals surface area contributed by atoms with Crippen LogP contribution in [0.4, 0.5) is 4.39 Å². The molecule has 0 bridgehead atoms. The SMILES string of the molecule is O=C(O)CCc1ccc(OCc2ccc(CN3CCC(Cc4ccc(F)cc4)CC3)cc2)cc1. The number of carboxylic acids is 1. The molecule has 0 unspecified atom stereocenters. The standard InChI is InChI=1S/C29H32FNO3/c30-27-10-5-23(6-11-27)19-24-15-17-31(18-16-24)20-25-1-3-26(4-2-25)21-34-28-12-7-22(8-13-28)9-14-29(32)33/h1-8,10-13,24H,9,14-21H2,(H,32,33). The van der Waals surface area contributed by atoms with Crippen LogP contribution in [0.2, 0.25) is 0 Å². The van der Waals surface area contributed by atoms with Crippen molar-refractivity contribution in [2.24, 2.45) is 5.92 Å². The van der Waals surface area contributed by atoms with Gasteiger partial charge >= 0.3 is 5.97 Å². The fourth-order valence-corrected chi connectivity index (χ4v) is 4.47. The second-order valence-corrected chi connectivity index (χ2v) is 9.19. The number of nitrogens with zero attached hydrogens (tertiary/aromatic N) is 1. The number of rotatable bonds is 10. The van der Waals surface area contributed by atoms with Crippen LogP contribution in [0.25, 0.3) is 0 Å². The van der Waals surface area contributed by atoms with E-state index in [1.54, 1.807) is 12.1 Å². The molecule has 1 aliphatic heterocycles. The fraction of sp³-hybridized carbons (Fsp3) is 0.345. The Labute approximate surface area is 201 Å². The molecule has 1 N–H and O–H groups in total. The van der Waals surface area contributed by atoms with Gasteiger partial charge in [-0.3, -0.25) is 9.69 Å². The summed E-state index contributed by atoms with van der Waals surface area (Å²) in [5, 5.41) is 8.78. The second-order valence-electron chi connectivity index (χ2n) is 9.19. The molecule has 3 aromatic rings. The lowest BCUT2D eigenvalue weighted by Crippen LogP contribution is -2.33. The summed E-state index contributed by atoms with van der Waals surface area (Å²) in [5.74, 6) is 0.508. The van der Waals surface area contributed by atoms with Crippen LogP contribution in [0.3, 0.4) is 0 Å². The first-order chi connectivity index (χ1) is 16.5. The lowest BCUT2D eigenvalue weighted by Gasteiger charge is -2.32. The lowest BCUT2D eigenvalue weighted by atomic mass is 9.90. The minimum Gasteiger partial charge on any atom is -0.489 e. The third-order valence-electron chi connectivity index (χ3n) is 6.53. The minimum absolute atomic E-state index is 0.139. The number of aryl methyl sites for hydroxylation is 1. The third-order valence-corrected chi connectivity index (χ3v) is 6.53. The van der Waals surface area contributed by atoms with Crippen LogP contribution >= 0.6 is 0 Å². The topological polar surface area (TPSA) is 49.8 Å². The van der Waals surface area contributed by atoms with Crippen LogP contribution < -0.4 is 4.74 Å². The molecule has 0 amide bonds. The Morgan fingerprint density at radius 3 is 2.09 bits per heavy atom. The highest BCUT2D eigenvalue weighted by Gasteiger charge is 2.19. The normalized spacial score (nSPS) is 14.7. The van der Waals surface area contributed by atoms with Gasteiger partial charge in [-0.25, -0.2) is 4.39 Å². The molecule has 0 radical (unpaired) electrons. The van der Waals surface area contributed by atoms with Crippen molar-refractivity contribution < 1.29 is 19.0 Å². The zero-order valence-electron chi connectivity index (χ0n) is 19.5. The predicted octanol–water partition coefficient (Wildman–Crippen LogP) is 5.88. The maximum atomic E-state index is 13.1. The summed E-state index contributed by atoms with van der Waals surface area (Å²) in [6.45, 7) is 3.66. The van der Waals surface area contributed by atoms with Gasteiger partial charge in [-0.05, 0) is 91.2 Å². The molecular formula is C29H32FNO3. The van der Waals surface area contributed by atoms with E-state index in [9.17, 15) is 9.18 Å². The number of piperidine rings is 1. The smallest absolute Gasteiger partial charge is 0.303 e. The Morgan fingerprint density at radius 1 is 0.853 bits per heavy atom. The van der Waals surface area contributed by atoms with E-state index in [-0.39, 0.29) is 12.2 Å². The zero-order chi connectivity index (χ0) is 23.8. The van der Waals surface area contributed by atoms with Crippen LogP contribution in [0.1, 0.15) is 41.5 Å². The first-order valence-electron chi connectivity index (χ1n) is 12.0. The van der Waals surface area contributed by atoms with Gasteiger partial charge in [-0.2, -0.15) is 0 Å². The summed E-state index contributed by atoms with van der Waals surface area (Å²) >= 11 is 0. The molecule has 4 nitrogen and oxygen atoms in total. The van der Waals surface area contributed by atoms with Crippen molar-refractivity contribution in [3.05, 3.63) is 101 Å². The number of halogens is 1. The summed E-state index contributed by atoms with van der Waals surface area (Å²) in [6.07, 6.45) is 4.06. The van der Waals surface area contributed by atoms with Crippen LogP contribution in [0.5, 0.6) is 5.75 Å². The largest absolute Gasteiger partial charge is 0.489 e. The summed E-state index contributed by atoms with van der Waals surface area (Å²) in [4.78, 5) is 13.2. The Morgan fingerprint density at radius 2 is 1.44 bits per heavy atom. The van der Waals surface area contributed by atoms with Gasteiger partial charge in [0.05, 0.1) is 0 Å². The van der Waals surface area contributed by atoms with E-state index in [1.165, 1.54) is 24.0 Å². The van der Waals surface area contributed by atoms with Crippen molar-refractivity contribution in [3.8, 4) is 5.75 Å². The molecule has 3 aromatic carbocycles. The number of hydrogen-bond donors (Lipinski definition) is 1. The lowest BCUT2D eigenvalue weighted by molar-refractivity contribution is -0.136. The Hall–Kier alpha value is -3.18. The summed E-state index contributed by atoms with van der Waals surface area (Å²) in [7, 11) is 0. The second kappa shape index (κ2) is 11.8. The molecule has 178 valence electrons. The molecule has 0 saturated carbocycles. The summed E-state index contributed by atoms with van der Waals surface area (Å²) < 4.78 is 19.0. The maximum absolute atomic E-state index is 13.1. The number of likely N-dealkylation sites (tertiary alicyclic amines) is 1. The van der Waals surface area contributed by atoms with E-state index < -0.39 is 5.97 Å². The quantitative estimate of drug-likeness (QED) is 0.410. The molecule has 0 atom stereocenters. The van der Waals surface area contributed by atoms with Crippen molar-refractivity contribution in [2.75, 3.05) is 13.1 Å². The van der Waals surface area contributed by atoms with E-state index >= 15 is 0 Å². The maximum Gasteiger partial charge on any atom is 0.303 e. The number of carboxylic acid groups (broad SMARTS) is 1. The van der Waals surface area contributed by atoms with E-state index in [2.05, 4.69) is 29.2 Å². The summed E-state index contributed by atoms with van der Waals surface area (Å²) in [5.41, 5.74) is 4.66. The highest BCUT2D eigenvalue weighted by atomic mass is 19.1. The van der Waals surface area contributed by atoms with Crippen molar-refractivity contribution in [1.82, 2.24) is 4.90 Å². The molecule has 1 saturated heterocycles. The highest BCUT2D eigenvalue weighted by Crippen LogP contribution is 2.23. The van der Waals surface area contributed by atoms with E-state index in [0.29, 0.717) is 18.9 Å². The van der Waals surface area contributed by atoms with E-state index in [0.717, 1.165) is 42.9 Å². The van der Waals surface area contributed by atoms with Gasteiger partial charge in [0, 0.05) is 13.0 Å². The Kier molecular flexibility index (Phi) is 8.31. The molecule has 0 spiro atoms. The Balaban J connectivity index is 1.18. The number of aliphatic carboxylic acids is 1. The number of carbonyl (C=O) groups is 1. The fourth-order valence-electron chi connectivity index (χ4n) is 4.47.